The van der Waals surface area contributed by atoms with Gasteiger partial charge in [0.15, 0.2) is 16.8 Å². The van der Waals surface area contributed by atoms with E-state index >= 15 is 0 Å². The summed E-state index contributed by atoms with van der Waals surface area (Å²) in [5.74, 6) is 2.31. The third-order valence-electron chi connectivity index (χ3n) is 4.25. The van der Waals surface area contributed by atoms with Crippen molar-refractivity contribution in [2.24, 2.45) is 0 Å². The molecule has 0 saturated carbocycles. The van der Waals surface area contributed by atoms with Gasteiger partial charge in [-0.15, -0.1) is 16.8 Å². The maximum absolute atomic E-state index is 12.7. The van der Waals surface area contributed by atoms with E-state index in [0.29, 0.717) is 35.5 Å². The van der Waals surface area contributed by atoms with Crippen LogP contribution in [0.5, 0.6) is 5.75 Å². The lowest BCUT2D eigenvalue weighted by Gasteiger charge is -2.14. The van der Waals surface area contributed by atoms with E-state index in [1.54, 1.807) is 19.1 Å². The largest absolute Gasteiger partial charge is 0.486 e. The van der Waals surface area contributed by atoms with Gasteiger partial charge in [-0.2, -0.15) is 0 Å². The van der Waals surface area contributed by atoms with E-state index in [2.05, 4.69) is 27.2 Å². The van der Waals surface area contributed by atoms with E-state index in [4.69, 9.17) is 9.26 Å². The second-order valence-corrected chi connectivity index (χ2v) is 7.90. The second kappa shape index (κ2) is 10.1. The molecule has 0 fully saturated rings. The zero-order chi connectivity index (χ0) is 21.5. The standard InChI is InChI=1S/C21H25N5O3S/c1-5-10-26-19(13-28-16-9-7-8-14(3)11-16)23-24-21(26)30-17(6-2)20(27)22-18-12-15(4)29-25-18/h5,7-9,11-12,17H,1,6,10,13H2,2-4H3,(H,22,25,27)/t17-/m0/s1. The van der Waals surface area contributed by atoms with Crippen LogP contribution < -0.4 is 10.1 Å². The summed E-state index contributed by atoms with van der Waals surface area (Å²) in [6.45, 7) is 10.3. The molecule has 158 valence electrons. The summed E-state index contributed by atoms with van der Waals surface area (Å²) in [6, 6.07) is 9.50. The van der Waals surface area contributed by atoms with Crippen LogP contribution in [-0.4, -0.2) is 31.1 Å². The summed E-state index contributed by atoms with van der Waals surface area (Å²) < 4.78 is 12.8. The van der Waals surface area contributed by atoms with Crippen LogP contribution in [0.25, 0.3) is 0 Å². The Kier molecular flexibility index (Phi) is 7.29. The summed E-state index contributed by atoms with van der Waals surface area (Å²) >= 11 is 1.35. The maximum atomic E-state index is 12.7. The maximum Gasteiger partial charge on any atom is 0.239 e. The highest BCUT2D eigenvalue weighted by Gasteiger charge is 2.23. The molecule has 1 N–H and O–H groups in total. The highest BCUT2D eigenvalue weighted by molar-refractivity contribution is 8.00. The number of allylic oxidation sites excluding steroid dienone is 1. The fourth-order valence-electron chi connectivity index (χ4n) is 2.76. The van der Waals surface area contributed by atoms with E-state index in [-0.39, 0.29) is 17.8 Å². The molecule has 0 saturated heterocycles. The fraction of sp³-hybridized carbons (Fsp3) is 0.333. The molecule has 30 heavy (non-hydrogen) atoms. The number of carbonyl (C=O) groups is 1. The zero-order valence-electron chi connectivity index (χ0n) is 17.3. The molecule has 1 atom stereocenters. The van der Waals surface area contributed by atoms with Gasteiger partial charge < -0.3 is 14.6 Å². The smallest absolute Gasteiger partial charge is 0.239 e. The van der Waals surface area contributed by atoms with Crippen molar-refractivity contribution in [3.63, 3.8) is 0 Å². The molecular formula is C21H25N5O3S. The number of carbonyl (C=O) groups excluding carboxylic acids is 1. The molecule has 0 aliphatic heterocycles. The van der Waals surface area contributed by atoms with Crippen LogP contribution in [-0.2, 0) is 17.9 Å². The lowest BCUT2D eigenvalue weighted by Crippen LogP contribution is -2.25. The molecule has 3 aromatic rings. The minimum Gasteiger partial charge on any atom is -0.486 e. The zero-order valence-corrected chi connectivity index (χ0v) is 18.1. The van der Waals surface area contributed by atoms with Gasteiger partial charge in [0.1, 0.15) is 18.1 Å². The Morgan fingerprint density at radius 2 is 2.20 bits per heavy atom. The van der Waals surface area contributed by atoms with Crippen molar-refractivity contribution in [3.8, 4) is 5.75 Å². The predicted molar refractivity (Wildman–Crippen MR) is 116 cm³/mol. The number of amides is 1. The van der Waals surface area contributed by atoms with Gasteiger partial charge in [-0.1, -0.05) is 42.1 Å². The van der Waals surface area contributed by atoms with Crippen molar-refractivity contribution < 1.29 is 14.1 Å². The van der Waals surface area contributed by atoms with Crippen molar-refractivity contribution >= 4 is 23.5 Å². The highest BCUT2D eigenvalue weighted by atomic mass is 32.2. The number of hydrogen-bond donors (Lipinski definition) is 1. The van der Waals surface area contributed by atoms with E-state index in [9.17, 15) is 4.79 Å². The topological polar surface area (TPSA) is 95.1 Å². The average Bonchev–Trinajstić information content (AvgIpc) is 3.30. The SMILES string of the molecule is C=CCn1c(COc2cccc(C)c2)nnc1S[C@@H](CC)C(=O)Nc1cc(C)on1. The van der Waals surface area contributed by atoms with Gasteiger partial charge in [0.2, 0.25) is 5.91 Å². The Balaban J connectivity index is 1.70. The van der Waals surface area contributed by atoms with Gasteiger partial charge in [-0.3, -0.25) is 9.36 Å². The van der Waals surface area contributed by atoms with Crippen molar-refractivity contribution in [3.05, 3.63) is 60.1 Å². The molecule has 0 aliphatic rings. The second-order valence-electron chi connectivity index (χ2n) is 6.73. The average molecular weight is 428 g/mol. The predicted octanol–water partition coefficient (Wildman–Crippen LogP) is 4.16. The number of anilines is 1. The van der Waals surface area contributed by atoms with Crippen molar-refractivity contribution in [2.45, 2.75) is 50.8 Å². The van der Waals surface area contributed by atoms with Crippen LogP contribution in [0.3, 0.4) is 0 Å². The number of nitrogens with one attached hydrogen (secondary N) is 1. The van der Waals surface area contributed by atoms with E-state index < -0.39 is 0 Å². The first kappa shape index (κ1) is 21.6. The number of benzene rings is 1. The van der Waals surface area contributed by atoms with Crippen LogP contribution in [0.15, 0.2) is 52.7 Å². The molecule has 0 aliphatic carbocycles. The number of thioether (sulfide) groups is 1. The molecule has 0 bridgehead atoms. The molecular weight excluding hydrogens is 402 g/mol. The minimum absolute atomic E-state index is 0.165. The van der Waals surface area contributed by atoms with E-state index in [1.165, 1.54) is 11.8 Å². The molecule has 2 heterocycles. The van der Waals surface area contributed by atoms with Crippen LogP contribution >= 0.6 is 11.8 Å². The summed E-state index contributed by atoms with van der Waals surface area (Å²) in [4.78, 5) is 12.7. The van der Waals surface area contributed by atoms with Crippen molar-refractivity contribution in [2.75, 3.05) is 5.32 Å². The summed E-state index contributed by atoms with van der Waals surface area (Å²) in [5, 5.41) is 15.4. The Hall–Kier alpha value is -3.07. The van der Waals surface area contributed by atoms with Gasteiger partial charge in [0, 0.05) is 12.6 Å². The first-order chi connectivity index (χ1) is 14.5. The lowest BCUT2D eigenvalue weighted by atomic mass is 10.2. The van der Waals surface area contributed by atoms with Gasteiger partial charge >= 0.3 is 0 Å². The Bertz CT molecular complexity index is 1010. The number of ether oxygens (including phenoxy) is 1. The van der Waals surface area contributed by atoms with Crippen LogP contribution in [0.2, 0.25) is 0 Å². The first-order valence-corrected chi connectivity index (χ1v) is 10.5. The van der Waals surface area contributed by atoms with Crippen molar-refractivity contribution in [1.29, 1.82) is 0 Å². The third-order valence-corrected chi connectivity index (χ3v) is 5.60. The quantitative estimate of drug-likeness (QED) is 0.383. The minimum atomic E-state index is -0.361. The molecule has 3 rings (SSSR count). The van der Waals surface area contributed by atoms with Crippen LogP contribution in [0.4, 0.5) is 5.82 Å². The summed E-state index contributed by atoms with van der Waals surface area (Å²) in [5.41, 5.74) is 1.12. The van der Waals surface area contributed by atoms with Crippen molar-refractivity contribution in [1.82, 2.24) is 19.9 Å². The number of nitrogens with zero attached hydrogens (tertiary/aromatic N) is 4. The van der Waals surface area contributed by atoms with Crippen LogP contribution in [0.1, 0.15) is 30.5 Å². The fourth-order valence-corrected chi connectivity index (χ4v) is 3.74. The van der Waals surface area contributed by atoms with Gasteiger partial charge in [0.25, 0.3) is 0 Å². The van der Waals surface area contributed by atoms with E-state index in [1.807, 2.05) is 42.7 Å². The normalized spacial score (nSPS) is 11.8. The number of rotatable bonds is 10. The third kappa shape index (κ3) is 5.50. The summed E-state index contributed by atoms with van der Waals surface area (Å²) in [6.07, 6.45) is 2.38. The Morgan fingerprint density at radius 3 is 2.87 bits per heavy atom. The summed E-state index contributed by atoms with van der Waals surface area (Å²) in [7, 11) is 0. The number of hydrogen-bond acceptors (Lipinski definition) is 7. The number of aromatic nitrogens is 4. The lowest BCUT2D eigenvalue weighted by molar-refractivity contribution is -0.115. The molecule has 0 spiro atoms. The van der Waals surface area contributed by atoms with E-state index in [0.717, 1.165) is 11.3 Å². The molecule has 9 heteroatoms. The first-order valence-electron chi connectivity index (χ1n) is 9.63. The highest BCUT2D eigenvalue weighted by Crippen LogP contribution is 2.26. The number of aryl methyl sites for hydroxylation is 2. The van der Waals surface area contributed by atoms with Gasteiger partial charge in [-0.05, 0) is 38.0 Å². The monoisotopic (exact) mass is 427 g/mol. The molecule has 1 aromatic carbocycles. The molecule has 8 nitrogen and oxygen atoms in total. The molecule has 0 radical (unpaired) electrons. The Morgan fingerprint density at radius 1 is 1.37 bits per heavy atom. The van der Waals surface area contributed by atoms with Gasteiger partial charge in [-0.25, -0.2) is 0 Å². The molecule has 1 amide bonds. The molecule has 2 aromatic heterocycles. The van der Waals surface area contributed by atoms with Gasteiger partial charge in [0.05, 0.1) is 5.25 Å². The Labute approximate surface area is 179 Å². The molecule has 0 unspecified atom stereocenters. The van der Waals surface area contributed by atoms with Crippen LogP contribution in [0, 0.1) is 13.8 Å².